The van der Waals surface area contributed by atoms with Crippen molar-refractivity contribution in [2.24, 2.45) is 5.73 Å². The summed E-state index contributed by atoms with van der Waals surface area (Å²) in [6.07, 6.45) is 0. The van der Waals surface area contributed by atoms with E-state index in [1.54, 1.807) is 24.3 Å². The molecule has 0 radical (unpaired) electrons. The molecule has 2 rings (SSSR count). The zero-order valence-electron chi connectivity index (χ0n) is 9.06. The summed E-state index contributed by atoms with van der Waals surface area (Å²) >= 11 is 1.42. The summed E-state index contributed by atoms with van der Waals surface area (Å²) < 4.78 is 26.6. The Labute approximate surface area is 106 Å². The highest BCUT2D eigenvalue weighted by molar-refractivity contribution is 7.86. The number of hydrogen-bond donors (Lipinski definition) is 1. The van der Waals surface area contributed by atoms with Crippen molar-refractivity contribution >= 4 is 22.1 Å². The standard InChI is InChI=1S/C12H12FNOS2/c13-12-9(7-14)3-1-4-10(12)8-17(15)11-5-2-6-16-11/h1-6H,7-8,14H2. The molecule has 5 heteroatoms. The summed E-state index contributed by atoms with van der Waals surface area (Å²) in [5.41, 5.74) is 6.35. The largest absolute Gasteiger partial charge is 0.326 e. The Morgan fingerprint density at radius 1 is 1.24 bits per heavy atom. The van der Waals surface area contributed by atoms with E-state index in [-0.39, 0.29) is 18.1 Å². The van der Waals surface area contributed by atoms with Crippen molar-refractivity contribution in [1.82, 2.24) is 0 Å². The molecule has 1 aromatic heterocycles. The fourth-order valence-electron chi connectivity index (χ4n) is 1.51. The van der Waals surface area contributed by atoms with Crippen LogP contribution in [-0.4, -0.2) is 4.21 Å². The highest BCUT2D eigenvalue weighted by atomic mass is 32.2. The van der Waals surface area contributed by atoms with Crippen molar-refractivity contribution < 1.29 is 8.60 Å². The Kier molecular flexibility index (Phi) is 4.04. The molecule has 0 bridgehead atoms. The lowest BCUT2D eigenvalue weighted by atomic mass is 10.1. The van der Waals surface area contributed by atoms with Gasteiger partial charge in [0.25, 0.3) is 0 Å². The third-order valence-corrected chi connectivity index (χ3v) is 5.05. The monoisotopic (exact) mass is 269 g/mol. The van der Waals surface area contributed by atoms with Gasteiger partial charge in [-0.2, -0.15) is 0 Å². The second-order valence-electron chi connectivity index (χ2n) is 3.52. The van der Waals surface area contributed by atoms with E-state index in [4.69, 9.17) is 5.73 Å². The Morgan fingerprint density at radius 3 is 2.65 bits per heavy atom. The molecule has 0 aliphatic rings. The van der Waals surface area contributed by atoms with Gasteiger partial charge in [-0.1, -0.05) is 24.3 Å². The van der Waals surface area contributed by atoms with Gasteiger partial charge in [0, 0.05) is 17.7 Å². The van der Waals surface area contributed by atoms with Crippen LogP contribution in [0, 0.1) is 5.82 Å². The lowest BCUT2D eigenvalue weighted by Gasteiger charge is -2.06. The highest BCUT2D eigenvalue weighted by Crippen LogP contribution is 2.20. The van der Waals surface area contributed by atoms with Crippen LogP contribution in [0.1, 0.15) is 11.1 Å². The lowest BCUT2D eigenvalue weighted by molar-refractivity contribution is 0.599. The van der Waals surface area contributed by atoms with Gasteiger partial charge in [0.2, 0.25) is 0 Å². The molecule has 2 N–H and O–H groups in total. The molecule has 0 aliphatic carbocycles. The van der Waals surface area contributed by atoms with Gasteiger partial charge in [-0.3, -0.25) is 4.21 Å². The number of benzene rings is 1. The Morgan fingerprint density at radius 2 is 2.00 bits per heavy atom. The number of hydrogen-bond acceptors (Lipinski definition) is 3. The minimum absolute atomic E-state index is 0.158. The molecular weight excluding hydrogens is 257 g/mol. The smallest absolute Gasteiger partial charge is 0.131 e. The Balaban J connectivity index is 2.22. The molecular formula is C12H12FNOS2. The Bertz CT molecular complexity index is 525. The second-order valence-corrected chi connectivity index (χ2v) is 6.14. The quantitative estimate of drug-likeness (QED) is 0.927. The first-order chi connectivity index (χ1) is 8.22. The van der Waals surface area contributed by atoms with Crippen molar-refractivity contribution in [2.45, 2.75) is 16.5 Å². The van der Waals surface area contributed by atoms with Crippen LogP contribution in [-0.2, 0) is 23.1 Å². The minimum atomic E-state index is -1.19. The van der Waals surface area contributed by atoms with Crippen LogP contribution in [0.5, 0.6) is 0 Å². The van der Waals surface area contributed by atoms with Crippen LogP contribution in [0.3, 0.4) is 0 Å². The van der Waals surface area contributed by atoms with Gasteiger partial charge in [-0.25, -0.2) is 4.39 Å². The molecule has 1 atom stereocenters. The van der Waals surface area contributed by atoms with Crippen molar-refractivity contribution in [3.05, 3.63) is 52.7 Å². The Hall–Kier alpha value is -1.04. The molecule has 0 saturated carbocycles. The van der Waals surface area contributed by atoms with Crippen molar-refractivity contribution in [1.29, 1.82) is 0 Å². The first-order valence-electron chi connectivity index (χ1n) is 5.10. The van der Waals surface area contributed by atoms with E-state index in [2.05, 4.69) is 0 Å². The van der Waals surface area contributed by atoms with Crippen LogP contribution in [0.15, 0.2) is 39.9 Å². The molecule has 2 nitrogen and oxygen atoms in total. The van der Waals surface area contributed by atoms with Gasteiger partial charge in [-0.05, 0) is 11.4 Å². The number of thiophene rings is 1. The van der Waals surface area contributed by atoms with Gasteiger partial charge < -0.3 is 5.73 Å². The summed E-state index contributed by atoms with van der Waals surface area (Å²) in [6.45, 7) is 0.158. The van der Waals surface area contributed by atoms with Gasteiger partial charge in [0.15, 0.2) is 0 Å². The first kappa shape index (κ1) is 12.4. The summed E-state index contributed by atoms with van der Waals surface area (Å²) in [6, 6.07) is 8.68. The van der Waals surface area contributed by atoms with E-state index >= 15 is 0 Å². The fraction of sp³-hybridized carbons (Fsp3) is 0.167. The predicted molar refractivity (Wildman–Crippen MR) is 68.7 cm³/mol. The third-order valence-electron chi connectivity index (χ3n) is 2.38. The van der Waals surface area contributed by atoms with E-state index in [0.717, 1.165) is 4.21 Å². The van der Waals surface area contributed by atoms with Crippen LogP contribution in [0.2, 0.25) is 0 Å². The molecule has 0 aliphatic heterocycles. The summed E-state index contributed by atoms with van der Waals surface area (Å²) in [7, 11) is -1.19. The SMILES string of the molecule is NCc1cccc(CS(=O)c2cccs2)c1F. The van der Waals surface area contributed by atoms with E-state index < -0.39 is 10.8 Å². The number of halogens is 1. The predicted octanol–water partition coefficient (Wildman–Crippen LogP) is 2.65. The van der Waals surface area contributed by atoms with Gasteiger partial charge in [0.05, 0.1) is 20.8 Å². The van der Waals surface area contributed by atoms with Crippen LogP contribution in [0.4, 0.5) is 4.39 Å². The fourth-order valence-corrected chi connectivity index (χ4v) is 3.61. The molecule has 1 heterocycles. The number of nitrogens with two attached hydrogens (primary N) is 1. The van der Waals surface area contributed by atoms with E-state index in [9.17, 15) is 8.60 Å². The molecule has 2 aromatic rings. The van der Waals surface area contributed by atoms with Crippen LogP contribution < -0.4 is 5.73 Å². The van der Waals surface area contributed by atoms with Gasteiger partial charge in [-0.15, -0.1) is 11.3 Å². The van der Waals surface area contributed by atoms with Crippen LogP contribution >= 0.6 is 11.3 Å². The average molecular weight is 269 g/mol. The average Bonchev–Trinajstić information content (AvgIpc) is 2.85. The molecule has 17 heavy (non-hydrogen) atoms. The van der Waals surface area contributed by atoms with Crippen LogP contribution in [0.25, 0.3) is 0 Å². The maximum Gasteiger partial charge on any atom is 0.131 e. The molecule has 0 fully saturated rings. The highest BCUT2D eigenvalue weighted by Gasteiger charge is 2.11. The zero-order chi connectivity index (χ0) is 12.3. The van der Waals surface area contributed by atoms with E-state index in [0.29, 0.717) is 11.1 Å². The summed E-state index contributed by atoms with van der Waals surface area (Å²) in [5.74, 6) is -0.139. The normalized spacial score (nSPS) is 12.6. The molecule has 0 spiro atoms. The third kappa shape index (κ3) is 2.80. The first-order valence-corrected chi connectivity index (χ1v) is 7.30. The van der Waals surface area contributed by atoms with Gasteiger partial charge >= 0.3 is 0 Å². The summed E-state index contributed by atoms with van der Waals surface area (Å²) in [5, 5.41) is 1.86. The van der Waals surface area contributed by atoms with E-state index in [1.807, 2.05) is 11.4 Å². The van der Waals surface area contributed by atoms with Gasteiger partial charge in [0.1, 0.15) is 5.82 Å². The zero-order valence-corrected chi connectivity index (χ0v) is 10.7. The molecule has 1 aromatic carbocycles. The topological polar surface area (TPSA) is 43.1 Å². The van der Waals surface area contributed by atoms with E-state index in [1.165, 1.54) is 11.3 Å². The summed E-state index contributed by atoms with van der Waals surface area (Å²) in [4.78, 5) is 0. The molecule has 1 unspecified atom stereocenters. The maximum atomic E-state index is 13.9. The molecule has 0 saturated heterocycles. The maximum absolute atomic E-state index is 13.9. The second kappa shape index (κ2) is 5.53. The van der Waals surface area contributed by atoms with Crippen molar-refractivity contribution in [3.63, 3.8) is 0 Å². The lowest BCUT2D eigenvalue weighted by Crippen LogP contribution is -2.04. The van der Waals surface area contributed by atoms with Crippen molar-refractivity contribution in [2.75, 3.05) is 0 Å². The minimum Gasteiger partial charge on any atom is -0.326 e. The molecule has 0 amide bonds. The number of rotatable bonds is 4. The molecule has 90 valence electrons. The van der Waals surface area contributed by atoms with Crippen molar-refractivity contribution in [3.8, 4) is 0 Å².